The molecule has 0 saturated carbocycles. The molecule has 0 aromatic carbocycles. The molecule has 0 spiro atoms. The van der Waals surface area contributed by atoms with E-state index in [4.69, 9.17) is 9.05 Å². The summed E-state index contributed by atoms with van der Waals surface area (Å²) in [6.45, 7) is 4.86. The van der Waals surface area contributed by atoms with Crippen LogP contribution in [0.4, 0.5) is 0 Å². The molecule has 0 aromatic heterocycles. The molecule has 8 nitrogen and oxygen atoms in total. The van der Waals surface area contributed by atoms with Crippen molar-refractivity contribution in [3.63, 3.8) is 0 Å². The number of rotatable bonds is 65. The fourth-order valence-electron chi connectivity index (χ4n) is 10.6. The predicted molar refractivity (Wildman–Crippen MR) is 351 cm³/mol. The Morgan fingerprint density at radius 3 is 1.04 bits per heavy atom. The van der Waals surface area contributed by atoms with Gasteiger partial charge in [0.25, 0.3) is 0 Å². The molecular formula is C71H138N2O6P+. The molecule has 472 valence electrons. The zero-order valence-corrected chi connectivity index (χ0v) is 55.0. The molecular weight excluding hydrogens is 1010 g/mol. The maximum Gasteiger partial charge on any atom is 0.472 e. The van der Waals surface area contributed by atoms with Crippen molar-refractivity contribution in [2.75, 3.05) is 40.9 Å². The van der Waals surface area contributed by atoms with Crippen molar-refractivity contribution in [2.24, 2.45) is 0 Å². The summed E-state index contributed by atoms with van der Waals surface area (Å²) in [4.78, 5) is 23.4. The molecule has 0 aliphatic rings. The number of carbonyl (C=O) groups is 1. The largest absolute Gasteiger partial charge is 0.472 e. The Hall–Kier alpha value is -1.54. The van der Waals surface area contributed by atoms with Crippen LogP contribution < -0.4 is 5.32 Å². The average Bonchev–Trinajstić information content (AvgIpc) is 3.42. The van der Waals surface area contributed by atoms with Crippen molar-refractivity contribution in [3.8, 4) is 0 Å². The molecule has 0 aliphatic heterocycles. The highest BCUT2D eigenvalue weighted by molar-refractivity contribution is 7.47. The first kappa shape index (κ1) is 78.5. The van der Waals surface area contributed by atoms with Gasteiger partial charge in [0, 0.05) is 6.42 Å². The summed E-state index contributed by atoms with van der Waals surface area (Å²) >= 11 is 0. The van der Waals surface area contributed by atoms with Gasteiger partial charge in [-0.2, -0.15) is 0 Å². The highest BCUT2D eigenvalue weighted by atomic mass is 31.2. The molecule has 0 fully saturated rings. The first-order valence-electron chi connectivity index (χ1n) is 35.0. The molecule has 0 radical (unpaired) electrons. The SMILES string of the molecule is CCCCCCC/C=C\C/C=C\C/C=C\CCCCCCCCCCCCCCCCCCCCC(=O)NC(COP(=O)(O)OCC[N+](C)(C)C)C(O)/C=C/CCCCCCCCCCCCCCCCCCCCCCCCC. The summed E-state index contributed by atoms with van der Waals surface area (Å²) in [6, 6.07) is -0.848. The maximum atomic E-state index is 13.1. The van der Waals surface area contributed by atoms with Gasteiger partial charge in [-0.3, -0.25) is 13.8 Å². The molecule has 0 saturated heterocycles. The number of nitrogens with one attached hydrogen (secondary N) is 1. The molecule has 1 amide bonds. The summed E-state index contributed by atoms with van der Waals surface area (Å²) in [5.41, 5.74) is 0. The normalized spacial score (nSPS) is 13.9. The number of amides is 1. The number of allylic oxidation sites excluding steroid dienone is 7. The van der Waals surface area contributed by atoms with E-state index in [-0.39, 0.29) is 19.1 Å². The molecule has 3 atom stereocenters. The van der Waals surface area contributed by atoms with Gasteiger partial charge in [-0.1, -0.05) is 332 Å². The first-order chi connectivity index (χ1) is 39.0. The van der Waals surface area contributed by atoms with Gasteiger partial charge in [-0.25, -0.2) is 4.57 Å². The fourth-order valence-corrected chi connectivity index (χ4v) is 11.3. The van der Waals surface area contributed by atoms with Crippen LogP contribution in [0.2, 0.25) is 0 Å². The monoisotopic (exact) mass is 1150 g/mol. The van der Waals surface area contributed by atoms with E-state index in [1.54, 1.807) is 6.08 Å². The van der Waals surface area contributed by atoms with Crippen LogP contribution in [0.5, 0.6) is 0 Å². The number of hydrogen-bond donors (Lipinski definition) is 3. The Morgan fingerprint density at radius 2 is 0.713 bits per heavy atom. The summed E-state index contributed by atoms with van der Waals surface area (Å²) in [5.74, 6) is -0.171. The number of nitrogens with zero attached hydrogens (tertiary/aromatic N) is 1. The van der Waals surface area contributed by atoms with Gasteiger partial charge >= 0.3 is 7.82 Å². The Balaban J connectivity index is 4.04. The van der Waals surface area contributed by atoms with Crippen LogP contribution >= 0.6 is 7.82 Å². The third kappa shape index (κ3) is 64.0. The molecule has 0 heterocycles. The van der Waals surface area contributed by atoms with Gasteiger partial charge < -0.3 is 19.8 Å². The number of unbranched alkanes of at least 4 members (excludes halogenated alkanes) is 46. The van der Waals surface area contributed by atoms with Crippen LogP contribution in [0.25, 0.3) is 0 Å². The van der Waals surface area contributed by atoms with Crippen LogP contribution in [-0.2, 0) is 18.4 Å². The van der Waals surface area contributed by atoms with Gasteiger partial charge in [0.15, 0.2) is 0 Å². The minimum Gasteiger partial charge on any atom is -0.387 e. The topological polar surface area (TPSA) is 105 Å². The van der Waals surface area contributed by atoms with Crippen LogP contribution in [0.3, 0.4) is 0 Å². The van der Waals surface area contributed by atoms with Crippen LogP contribution in [-0.4, -0.2) is 73.4 Å². The van der Waals surface area contributed by atoms with E-state index in [0.717, 1.165) is 51.4 Å². The fraction of sp³-hybridized carbons (Fsp3) is 0.873. The third-order valence-corrected chi connectivity index (χ3v) is 17.0. The number of aliphatic hydroxyl groups is 1. The summed E-state index contributed by atoms with van der Waals surface area (Å²) < 4.78 is 23.8. The summed E-state index contributed by atoms with van der Waals surface area (Å²) in [6.07, 6.45) is 84.0. The Bertz CT molecular complexity index is 1440. The van der Waals surface area contributed by atoms with Gasteiger partial charge in [0.05, 0.1) is 39.9 Å². The third-order valence-electron chi connectivity index (χ3n) is 16.0. The molecule has 0 aromatic rings. The van der Waals surface area contributed by atoms with Gasteiger partial charge in [-0.15, -0.1) is 0 Å². The van der Waals surface area contributed by atoms with Gasteiger partial charge in [-0.05, 0) is 57.8 Å². The number of aliphatic hydroxyl groups excluding tert-OH is 1. The number of likely N-dealkylation sites (N-methyl/N-ethyl adjacent to an activating group) is 1. The minimum atomic E-state index is -4.35. The average molecular weight is 1150 g/mol. The Labute approximate surface area is 499 Å². The lowest BCUT2D eigenvalue weighted by Gasteiger charge is -2.25. The Kier molecular flexibility index (Phi) is 60.8. The van der Waals surface area contributed by atoms with E-state index in [1.807, 2.05) is 27.2 Å². The van der Waals surface area contributed by atoms with E-state index < -0.39 is 20.0 Å². The van der Waals surface area contributed by atoms with Gasteiger partial charge in [0.1, 0.15) is 13.2 Å². The van der Waals surface area contributed by atoms with E-state index >= 15 is 0 Å². The zero-order chi connectivity index (χ0) is 58.4. The molecule has 3 unspecified atom stereocenters. The summed E-state index contributed by atoms with van der Waals surface area (Å²) in [7, 11) is 1.59. The van der Waals surface area contributed by atoms with Crippen molar-refractivity contribution in [3.05, 3.63) is 48.6 Å². The molecule has 3 N–H and O–H groups in total. The second-order valence-electron chi connectivity index (χ2n) is 25.3. The maximum absolute atomic E-state index is 13.1. The van der Waals surface area contributed by atoms with Crippen molar-refractivity contribution in [1.82, 2.24) is 5.32 Å². The molecule has 0 bridgehead atoms. The standard InChI is InChI=1S/C71H137N2O6P/c1-6-8-10-12-14-16-18-20-22-24-26-28-30-32-33-34-35-36-37-38-39-41-43-45-47-49-51-53-55-57-59-61-63-65-71(75)72-69(68-79-80(76,77)78-67-66-73(3,4)5)70(74)64-62-60-58-56-54-52-50-48-46-44-42-40-31-29-27-25-23-21-19-17-15-13-11-9-7-2/h18,20,24,26,30,32,62,64,69-70,74H,6-17,19,21-23,25,27-29,31,33-61,63,65-68H2,1-5H3,(H-,72,75,76,77)/p+1/b20-18-,26-24-,32-30-,64-62+. The van der Waals surface area contributed by atoms with E-state index in [0.29, 0.717) is 17.4 Å². The Morgan fingerprint density at radius 1 is 0.425 bits per heavy atom. The smallest absolute Gasteiger partial charge is 0.387 e. The molecule has 0 rings (SSSR count). The van der Waals surface area contributed by atoms with Crippen LogP contribution in [0, 0.1) is 0 Å². The van der Waals surface area contributed by atoms with Crippen molar-refractivity contribution < 1.29 is 32.9 Å². The number of hydrogen-bond acceptors (Lipinski definition) is 5. The van der Waals surface area contributed by atoms with E-state index in [1.165, 1.54) is 276 Å². The second kappa shape index (κ2) is 62.0. The molecule has 0 aliphatic carbocycles. The van der Waals surface area contributed by atoms with E-state index in [2.05, 4.69) is 55.6 Å². The second-order valence-corrected chi connectivity index (χ2v) is 26.7. The van der Waals surface area contributed by atoms with Crippen molar-refractivity contribution in [1.29, 1.82) is 0 Å². The minimum absolute atomic E-state index is 0.0626. The highest BCUT2D eigenvalue weighted by Crippen LogP contribution is 2.43. The highest BCUT2D eigenvalue weighted by Gasteiger charge is 2.28. The number of carbonyl (C=O) groups excluding carboxylic acids is 1. The van der Waals surface area contributed by atoms with Crippen molar-refractivity contribution >= 4 is 13.7 Å². The number of phosphoric ester groups is 1. The lowest BCUT2D eigenvalue weighted by Crippen LogP contribution is -2.45. The number of phosphoric acid groups is 1. The van der Waals surface area contributed by atoms with Crippen molar-refractivity contribution in [2.45, 2.75) is 360 Å². The van der Waals surface area contributed by atoms with Crippen LogP contribution in [0.1, 0.15) is 348 Å². The van der Waals surface area contributed by atoms with Gasteiger partial charge in [0.2, 0.25) is 5.91 Å². The lowest BCUT2D eigenvalue weighted by atomic mass is 10.0. The predicted octanol–water partition coefficient (Wildman–Crippen LogP) is 22.2. The van der Waals surface area contributed by atoms with E-state index in [9.17, 15) is 19.4 Å². The number of quaternary nitrogens is 1. The lowest BCUT2D eigenvalue weighted by molar-refractivity contribution is -0.870. The summed E-state index contributed by atoms with van der Waals surface area (Å²) in [5, 5.41) is 14.0. The zero-order valence-electron chi connectivity index (χ0n) is 54.1. The van der Waals surface area contributed by atoms with Crippen LogP contribution in [0.15, 0.2) is 48.6 Å². The first-order valence-corrected chi connectivity index (χ1v) is 36.5. The quantitative estimate of drug-likeness (QED) is 0.0243. The molecule has 80 heavy (non-hydrogen) atoms. The molecule has 9 heteroatoms.